The zero-order chi connectivity index (χ0) is 12.3. The van der Waals surface area contributed by atoms with Crippen molar-refractivity contribution in [3.8, 4) is 6.07 Å². The molecule has 1 aromatic carbocycles. The molecule has 1 aromatic rings. The molecule has 0 fully saturated rings. The number of rotatable bonds is 3. The van der Waals surface area contributed by atoms with Gasteiger partial charge in [0.15, 0.2) is 0 Å². The summed E-state index contributed by atoms with van der Waals surface area (Å²) in [5.41, 5.74) is 0.689. The molecule has 1 aliphatic carbocycles. The van der Waals surface area contributed by atoms with Crippen LogP contribution in [0.1, 0.15) is 18.4 Å². The highest BCUT2D eigenvalue weighted by atomic mass is 16.6. The standard InChI is InChI=1S/C12H11N3O2/c13-8-9-7-11(5-6-12(9)15(16)17)14-10-3-1-2-4-10/h1-2,5-7,10,14H,3-4H2. The van der Waals surface area contributed by atoms with Crippen LogP contribution in [0.4, 0.5) is 11.4 Å². The molecule has 0 saturated heterocycles. The Morgan fingerprint density at radius 1 is 1.41 bits per heavy atom. The van der Waals surface area contributed by atoms with Crippen LogP contribution in [0.25, 0.3) is 0 Å². The van der Waals surface area contributed by atoms with E-state index < -0.39 is 4.92 Å². The molecular formula is C12H11N3O2. The largest absolute Gasteiger partial charge is 0.382 e. The first-order valence-corrected chi connectivity index (χ1v) is 5.31. The van der Waals surface area contributed by atoms with Crippen molar-refractivity contribution in [1.29, 1.82) is 5.26 Å². The van der Waals surface area contributed by atoms with E-state index in [1.165, 1.54) is 12.1 Å². The highest BCUT2D eigenvalue weighted by Crippen LogP contribution is 2.24. The minimum atomic E-state index is -0.542. The minimum Gasteiger partial charge on any atom is -0.382 e. The number of hydrogen-bond acceptors (Lipinski definition) is 4. The molecule has 0 aliphatic heterocycles. The maximum atomic E-state index is 10.7. The van der Waals surface area contributed by atoms with E-state index in [0.717, 1.165) is 18.5 Å². The summed E-state index contributed by atoms with van der Waals surface area (Å²) in [6.07, 6.45) is 6.07. The van der Waals surface area contributed by atoms with Crippen LogP contribution in [0.5, 0.6) is 0 Å². The van der Waals surface area contributed by atoms with Crippen LogP contribution in [0.2, 0.25) is 0 Å². The van der Waals surface area contributed by atoms with Crippen molar-refractivity contribution in [1.82, 2.24) is 0 Å². The molecule has 0 saturated carbocycles. The van der Waals surface area contributed by atoms with Gasteiger partial charge in [-0.2, -0.15) is 5.26 Å². The molecule has 0 bridgehead atoms. The predicted octanol–water partition coefficient (Wildman–Crippen LogP) is 2.60. The van der Waals surface area contributed by atoms with Gasteiger partial charge in [-0.05, 0) is 25.0 Å². The maximum absolute atomic E-state index is 10.7. The number of nitriles is 1. The number of nitrogens with one attached hydrogen (secondary N) is 1. The zero-order valence-electron chi connectivity index (χ0n) is 9.09. The summed E-state index contributed by atoms with van der Waals surface area (Å²) in [6, 6.07) is 6.69. The summed E-state index contributed by atoms with van der Waals surface area (Å²) in [7, 11) is 0. The van der Waals surface area contributed by atoms with Gasteiger partial charge in [0.25, 0.3) is 5.69 Å². The van der Waals surface area contributed by atoms with Gasteiger partial charge in [0.05, 0.1) is 4.92 Å². The molecule has 1 N–H and O–H groups in total. The Kier molecular flexibility index (Phi) is 3.06. The smallest absolute Gasteiger partial charge is 0.287 e. The van der Waals surface area contributed by atoms with E-state index in [0.29, 0.717) is 6.04 Å². The molecule has 5 heteroatoms. The molecule has 0 atom stereocenters. The van der Waals surface area contributed by atoms with E-state index in [2.05, 4.69) is 17.5 Å². The van der Waals surface area contributed by atoms with Crippen LogP contribution in [0.3, 0.4) is 0 Å². The molecule has 0 amide bonds. The van der Waals surface area contributed by atoms with Crippen LogP contribution in [-0.4, -0.2) is 11.0 Å². The summed E-state index contributed by atoms with van der Waals surface area (Å²) in [5, 5.41) is 22.8. The van der Waals surface area contributed by atoms with Gasteiger partial charge in [-0.1, -0.05) is 12.2 Å². The van der Waals surface area contributed by atoms with E-state index in [9.17, 15) is 10.1 Å². The molecule has 0 radical (unpaired) electrons. The Morgan fingerprint density at radius 2 is 2.12 bits per heavy atom. The number of nitro groups is 1. The van der Waals surface area contributed by atoms with Crippen molar-refractivity contribution < 1.29 is 4.92 Å². The van der Waals surface area contributed by atoms with Crippen molar-refractivity contribution in [3.63, 3.8) is 0 Å². The second-order valence-electron chi connectivity index (χ2n) is 3.88. The van der Waals surface area contributed by atoms with Gasteiger partial charge in [0.1, 0.15) is 11.6 Å². The van der Waals surface area contributed by atoms with Crippen molar-refractivity contribution >= 4 is 11.4 Å². The van der Waals surface area contributed by atoms with Gasteiger partial charge < -0.3 is 5.32 Å². The quantitative estimate of drug-likeness (QED) is 0.490. The third kappa shape index (κ3) is 2.42. The van der Waals surface area contributed by atoms with Gasteiger partial charge in [0, 0.05) is 17.8 Å². The second-order valence-corrected chi connectivity index (χ2v) is 3.88. The van der Waals surface area contributed by atoms with E-state index in [1.807, 2.05) is 6.07 Å². The average Bonchev–Trinajstić information content (AvgIpc) is 2.81. The topological polar surface area (TPSA) is 79.0 Å². The van der Waals surface area contributed by atoms with E-state index in [4.69, 9.17) is 5.26 Å². The third-order valence-corrected chi connectivity index (χ3v) is 2.69. The van der Waals surface area contributed by atoms with E-state index >= 15 is 0 Å². The molecule has 86 valence electrons. The molecular weight excluding hydrogens is 218 g/mol. The first-order valence-electron chi connectivity index (χ1n) is 5.31. The van der Waals surface area contributed by atoms with Gasteiger partial charge >= 0.3 is 0 Å². The minimum absolute atomic E-state index is 0.0888. The molecule has 0 aromatic heterocycles. The summed E-state index contributed by atoms with van der Waals surface area (Å²) in [5.74, 6) is 0. The Morgan fingerprint density at radius 3 is 2.71 bits per heavy atom. The second kappa shape index (κ2) is 4.66. The number of hydrogen-bond donors (Lipinski definition) is 1. The SMILES string of the molecule is N#Cc1cc(NC2CC=CC2)ccc1[N+](=O)[O-]. The highest BCUT2D eigenvalue weighted by Gasteiger charge is 2.15. The van der Waals surface area contributed by atoms with Crippen LogP contribution in [-0.2, 0) is 0 Å². The molecule has 17 heavy (non-hydrogen) atoms. The fourth-order valence-electron chi connectivity index (χ4n) is 1.85. The van der Waals surface area contributed by atoms with E-state index in [-0.39, 0.29) is 11.3 Å². The first-order chi connectivity index (χ1) is 8.20. The van der Waals surface area contributed by atoms with Crippen molar-refractivity contribution in [2.24, 2.45) is 0 Å². The van der Waals surface area contributed by atoms with Gasteiger partial charge in [-0.25, -0.2) is 0 Å². The molecule has 2 rings (SSSR count). The van der Waals surface area contributed by atoms with Gasteiger partial charge in [0.2, 0.25) is 0 Å². The lowest BCUT2D eigenvalue weighted by atomic mass is 10.1. The normalized spacial score (nSPS) is 14.5. The van der Waals surface area contributed by atoms with Crippen molar-refractivity contribution in [3.05, 3.63) is 46.0 Å². The summed E-state index contributed by atoms with van der Waals surface area (Å²) >= 11 is 0. The Hall–Kier alpha value is -2.35. The van der Waals surface area contributed by atoms with E-state index in [1.54, 1.807) is 6.07 Å². The van der Waals surface area contributed by atoms with Gasteiger partial charge in [-0.15, -0.1) is 0 Å². The average molecular weight is 229 g/mol. The van der Waals surface area contributed by atoms with Crippen LogP contribution < -0.4 is 5.32 Å². The Labute approximate surface area is 98.5 Å². The predicted molar refractivity (Wildman–Crippen MR) is 63.6 cm³/mol. The maximum Gasteiger partial charge on any atom is 0.287 e. The Balaban J connectivity index is 2.20. The molecule has 5 nitrogen and oxygen atoms in total. The van der Waals surface area contributed by atoms with Crippen molar-refractivity contribution in [2.75, 3.05) is 5.32 Å². The zero-order valence-corrected chi connectivity index (χ0v) is 9.09. The molecule has 0 spiro atoms. The van der Waals surface area contributed by atoms with Crippen LogP contribution in [0.15, 0.2) is 30.4 Å². The molecule has 0 unspecified atom stereocenters. The third-order valence-electron chi connectivity index (χ3n) is 2.69. The highest BCUT2D eigenvalue weighted by molar-refractivity contribution is 5.59. The number of nitrogens with zero attached hydrogens (tertiary/aromatic N) is 2. The van der Waals surface area contributed by atoms with Crippen LogP contribution >= 0.6 is 0 Å². The summed E-state index contributed by atoms with van der Waals surface area (Å²) in [6.45, 7) is 0. The summed E-state index contributed by atoms with van der Waals surface area (Å²) in [4.78, 5) is 10.1. The monoisotopic (exact) mass is 229 g/mol. The molecule has 1 aliphatic rings. The van der Waals surface area contributed by atoms with Crippen molar-refractivity contribution in [2.45, 2.75) is 18.9 Å². The lowest BCUT2D eigenvalue weighted by Crippen LogP contribution is -2.15. The van der Waals surface area contributed by atoms with Crippen LogP contribution in [0, 0.1) is 21.4 Å². The number of benzene rings is 1. The number of nitro benzene ring substituents is 1. The van der Waals surface area contributed by atoms with Gasteiger partial charge in [-0.3, -0.25) is 10.1 Å². The Bertz CT molecular complexity index is 509. The number of anilines is 1. The fourth-order valence-corrected chi connectivity index (χ4v) is 1.85. The first kappa shape index (κ1) is 11.1. The summed E-state index contributed by atoms with van der Waals surface area (Å²) < 4.78 is 0. The lowest BCUT2D eigenvalue weighted by Gasteiger charge is -2.13. The fraction of sp³-hybridized carbons (Fsp3) is 0.250. The lowest BCUT2D eigenvalue weighted by molar-refractivity contribution is -0.385. The molecule has 0 heterocycles.